The maximum atomic E-state index is 16.3. The first-order chi connectivity index (χ1) is 15.8. The predicted molar refractivity (Wildman–Crippen MR) is 121 cm³/mol. The number of halogens is 1. The van der Waals surface area contributed by atoms with Crippen molar-refractivity contribution in [2.24, 2.45) is 0 Å². The molecule has 8 nitrogen and oxygen atoms in total. The minimum atomic E-state index is -2.04. The van der Waals surface area contributed by atoms with Crippen molar-refractivity contribution in [3.05, 3.63) is 47.2 Å². The number of aromatic nitrogens is 1. The molecule has 4 heterocycles. The number of carbonyl (C=O) groups is 2. The summed E-state index contributed by atoms with van der Waals surface area (Å²) in [5, 5.41) is 20.1. The molecule has 2 saturated heterocycles. The number of amides is 1. The summed E-state index contributed by atoms with van der Waals surface area (Å²) >= 11 is 0. The lowest BCUT2D eigenvalue weighted by atomic mass is 9.85. The summed E-state index contributed by atoms with van der Waals surface area (Å²) in [5.74, 6) is -1.05. The van der Waals surface area contributed by atoms with Crippen LogP contribution in [-0.2, 0) is 4.79 Å². The lowest BCUT2D eigenvalue weighted by Gasteiger charge is -2.49. The van der Waals surface area contributed by atoms with E-state index < -0.39 is 23.9 Å². The summed E-state index contributed by atoms with van der Waals surface area (Å²) in [6.45, 7) is 4.99. The quantitative estimate of drug-likeness (QED) is 0.655. The molecule has 4 rings (SSSR count). The Hall–Kier alpha value is -3.10. The highest BCUT2D eigenvalue weighted by Gasteiger charge is 2.49. The molecule has 0 radical (unpaired) electrons. The molecule has 0 aliphatic carbocycles. The van der Waals surface area contributed by atoms with Gasteiger partial charge in [-0.25, -0.2) is 18.9 Å². The van der Waals surface area contributed by atoms with E-state index in [4.69, 9.17) is 0 Å². The summed E-state index contributed by atoms with van der Waals surface area (Å²) in [6.07, 6.45) is 2.91. The lowest BCUT2D eigenvalue weighted by Crippen LogP contribution is -2.58. The maximum Gasteiger partial charge on any atom is 0.414 e. The Morgan fingerprint density at radius 1 is 1.09 bits per heavy atom. The van der Waals surface area contributed by atoms with Gasteiger partial charge in [-0.1, -0.05) is 6.07 Å². The molecule has 2 atom stereocenters. The summed E-state index contributed by atoms with van der Waals surface area (Å²) < 4.78 is 16.3. The molecule has 0 bridgehead atoms. The van der Waals surface area contributed by atoms with Crippen molar-refractivity contribution in [2.75, 3.05) is 19.6 Å². The van der Waals surface area contributed by atoms with Crippen LogP contribution in [-0.4, -0.2) is 73.4 Å². The van der Waals surface area contributed by atoms with Gasteiger partial charge in [-0.05, 0) is 64.5 Å². The minimum Gasteiger partial charge on any atom is -0.480 e. The fraction of sp³-hybridized carbons (Fsp3) is 0.542. The van der Waals surface area contributed by atoms with Gasteiger partial charge in [-0.15, -0.1) is 0 Å². The van der Waals surface area contributed by atoms with Crippen molar-refractivity contribution in [2.45, 2.75) is 64.2 Å². The second-order valence-corrected chi connectivity index (χ2v) is 9.13. The van der Waals surface area contributed by atoms with Gasteiger partial charge in [-0.2, -0.15) is 0 Å². The Balaban J connectivity index is 2.02. The molecule has 2 unspecified atom stereocenters. The first-order valence-electron chi connectivity index (χ1n) is 11.6. The molecule has 0 spiro atoms. The number of alkyl halides is 1. The third-order valence-corrected chi connectivity index (χ3v) is 7.09. The zero-order chi connectivity index (χ0) is 23.8. The van der Waals surface area contributed by atoms with Crippen LogP contribution in [0.3, 0.4) is 0 Å². The molecular formula is C24H31FN4O4. The minimum absolute atomic E-state index is 0.0758. The molecule has 0 aromatic carbocycles. The van der Waals surface area contributed by atoms with Gasteiger partial charge < -0.3 is 20.0 Å². The normalized spacial score (nSPS) is 26.6. The Kier molecular flexibility index (Phi) is 6.32. The van der Waals surface area contributed by atoms with Crippen LogP contribution in [0, 0.1) is 0 Å². The zero-order valence-electron chi connectivity index (χ0n) is 19.1. The van der Waals surface area contributed by atoms with Crippen molar-refractivity contribution < 1.29 is 24.2 Å². The first-order valence-corrected chi connectivity index (χ1v) is 11.6. The van der Waals surface area contributed by atoms with Gasteiger partial charge >= 0.3 is 12.1 Å². The van der Waals surface area contributed by atoms with Crippen molar-refractivity contribution in [1.29, 1.82) is 0 Å². The number of rotatable bonds is 4. The number of carboxylic acids is 1. The Bertz CT molecular complexity index is 989. The van der Waals surface area contributed by atoms with Crippen LogP contribution in [0.25, 0.3) is 5.57 Å². The SMILES string of the molecule is CC1=C(N2CCCCC2)C(c2ccccn2)=C(N2CCCCC2(C)C(=O)O)C(F)N1C(=O)O. The second kappa shape index (κ2) is 9.03. The van der Waals surface area contributed by atoms with Gasteiger partial charge in [-0.3, -0.25) is 4.98 Å². The summed E-state index contributed by atoms with van der Waals surface area (Å²) in [5.41, 5.74) is 0.661. The van der Waals surface area contributed by atoms with Gasteiger partial charge in [0.15, 0.2) is 0 Å². The van der Waals surface area contributed by atoms with E-state index in [-0.39, 0.29) is 5.70 Å². The fourth-order valence-corrected chi connectivity index (χ4v) is 5.33. The molecule has 3 aliphatic rings. The van der Waals surface area contributed by atoms with E-state index in [2.05, 4.69) is 9.88 Å². The number of likely N-dealkylation sites (tertiary alicyclic amines) is 2. The lowest BCUT2D eigenvalue weighted by molar-refractivity contribution is -0.151. The van der Waals surface area contributed by atoms with Gasteiger partial charge in [0.1, 0.15) is 5.54 Å². The number of carboxylic acid groups (broad SMARTS) is 2. The van der Waals surface area contributed by atoms with Crippen molar-refractivity contribution in [3.63, 3.8) is 0 Å². The van der Waals surface area contributed by atoms with Gasteiger partial charge in [0.25, 0.3) is 0 Å². The van der Waals surface area contributed by atoms with Crippen molar-refractivity contribution in [3.8, 4) is 0 Å². The summed E-state index contributed by atoms with van der Waals surface area (Å²) in [6, 6.07) is 5.35. The predicted octanol–water partition coefficient (Wildman–Crippen LogP) is 4.13. The van der Waals surface area contributed by atoms with E-state index >= 15 is 4.39 Å². The van der Waals surface area contributed by atoms with Crippen LogP contribution >= 0.6 is 0 Å². The standard InChI is InChI=1S/C24H31FN4O4/c1-16-19(27-13-7-3-8-14-27)18(17-10-4-6-12-26-17)20(21(25)29(16)23(32)33)28-15-9-5-11-24(28,2)22(30)31/h4,6,10,12,21H,3,5,7-9,11,13-15H2,1-2H3,(H,30,31)(H,32,33). The number of hydrogen-bond acceptors (Lipinski definition) is 5. The molecule has 2 fully saturated rings. The van der Waals surface area contributed by atoms with Crippen LogP contribution < -0.4 is 0 Å². The van der Waals surface area contributed by atoms with Gasteiger partial charge in [0.2, 0.25) is 6.30 Å². The molecule has 1 amide bonds. The number of nitrogens with zero attached hydrogens (tertiary/aromatic N) is 4. The topological polar surface area (TPSA) is 97.2 Å². The number of piperidine rings is 2. The van der Waals surface area contributed by atoms with Crippen LogP contribution in [0.2, 0.25) is 0 Å². The zero-order valence-corrected chi connectivity index (χ0v) is 19.1. The van der Waals surface area contributed by atoms with Gasteiger partial charge in [0.05, 0.1) is 17.1 Å². The largest absolute Gasteiger partial charge is 0.480 e. The Labute approximate surface area is 193 Å². The average Bonchev–Trinajstić information content (AvgIpc) is 2.80. The average molecular weight is 459 g/mol. The third-order valence-electron chi connectivity index (χ3n) is 7.09. The molecule has 1 aromatic rings. The summed E-state index contributed by atoms with van der Waals surface area (Å²) in [4.78, 5) is 33.5. The highest BCUT2D eigenvalue weighted by Crippen LogP contribution is 2.45. The highest BCUT2D eigenvalue weighted by atomic mass is 19.1. The smallest absolute Gasteiger partial charge is 0.414 e. The van der Waals surface area contributed by atoms with E-state index in [1.54, 1.807) is 43.1 Å². The number of pyridine rings is 1. The van der Waals surface area contributed by atoms with Crippen LogP contribution in [0.4, 0.5) is 9.18 Å². The number of hydrogen-bond donors (Lipinski definition) is 2. The van der Waals surface area contributed by atoms with Crippen molar-refractivity contribution in [1.82, 2.24) is 19.7 Å². The molecule has 33 heavy (non-hydrogen) atoms. The van der Waals surface area contributed by atoms with E-state index in [0.717, 1.165) is 37.3 Å². The Morgan fingerprint density at radius 2 is 1.79 bits per heavy atom. The molecule has 2 N–H and O–H groups in total. The third kappa shape index (κ3) is 3.94. The molecule has 178 valence electrons. The number of allylic oxidation sites excluding steroid dienone is 2. The van der Waals surface area contributed by atoms with E-state index in [1.807, 2.05) is 0 Å². The molecule has 9 heteroatoms. The van der Waals surface area contributed by atoms with Crippen molar-refractivity contribution >= 4 is 17.6 Å². The van der Waals surface area contributed by atoms with E-state index in [0.29, 0.717) is 48.5 Å². The highest BCUT2D eigenvalue weighted by molar-refractivity contribution is 5.86. The number of aliphatic carboxylic acids is 1. The molecule has 0 saturated carbocycles. The monoisotopic (exact) mass is 458 g/mol. The molecule has 1 aromatic heterocycles. The van der Waals surface area contributed by atoms with Crippen LogP contribution in [0.15, 0.2) is 41.5 Å². The molecule has 3 aliphatic heterocycles. The van der Waals surface area contributed by atoms with Crippen LogP contribution in [0.5, 0.6) is 0 Å². The second-order valence-electron chi connectivity index (χ2n) is 9.13. The van der Waals surface area contributed by atoms with Gasteiger partial charge in [0, 0.05) is 37.1 Å². The van der Waals surface area contributed by atoms with E-state index in [1.165, 1.54) is 0 Å². The summed E-state index contributed by atoms with van der Waals surface area (Å²) in [7, 11) is 0. The van der Waals surface area contributed by atoms with Crippen LogP contribution in [0.1, 0.15) is 58.1 Å². The maximum absolute atomic E-state index is 16.3. The fourth-order valence-electron chi connectivity index (χ4n) is 5.33. The molecular weight excluding hydrogens is 427 g/mol. The van der Waals surface area contributed by atoms with E-state index in [9.17, 15) is 19.8 Å². The first kappa shape index (κ1) is 23.1. The Morgan fingerprint density at radius 3 is 2.39 bits per heavy atom.